The first-order valence-corrected chi connectivity index (χ1v) is 5.10. The maximum Gasteiger partial charge on any atom is 0.0602 e. The molecule has 3 aliphatic carbocycles. The van der Waals surface area contributed by atoms with Gasteiger partial charge < -0.3 is 4.74 Å². The Bertz CT molecular complexity index is 185. The number of rotatable bonds is 1. The second-order valence-electron chi connectivity index (χ2n) is 5.23. The van der Waals surface area contributed by atoms with Crippen molar-refractivity contribution in [1.29, 1.82) is 0 Å². The van der Waals surface area contributed by atoms with Crippen LogP contribution in [0, 0.1) is 23.2 Å². The highest BCUT2D eigenvalue weighted by Gasteiger charge is 2.56. The minimum absolute atomic E-state index is 0.543. The van der Waals surface area contributed by atoms with E-state index in [0.29, 0.717) is 11.5 Å². The van der Waals surface area contributed by atoms with Crippen molar-refractivity contribution in [3.8, 4) is 0 Å². The monoisotopic (exact) mass is 168 g/mol. The summed E-state index contributed by atoms with van der Waals surface area (Å²) >= 11 is 0. The normalized spacial score (nSPS) is 50.0. The fourth-order valence-electron chi connectivity index (χ4n) is 3.41. The Morgan fingerprint density at radius 3 is 2.33 bits per heavy atom. The van der Waals surface area contributed by atoms with Crippen molar-refractivity contribution in [3.63, 3.8) is 0 Å². The molecule has 0 spiro atoms. The van der Waals surface area contributed by atoms with Crippen molar-refractivity contribution < 1.29 is 4.74 Å². The van der Waals surface area contributed by atoms with E-state index in [2.05, 4.69) is 20.8 Å². The summed E-state index contributed by atoms with van der Waals surface area (Å²) in [6, 6.07) is 0. The Labute approximate surface area is 75.5 Å². The van der Waals surface area contributed by atoms with Crippen molar-refractivity contribution >= 4 is 0 Å². The molecule has 70 valence electrons. The molecule has 0 radical (unpaired) electrons. The lowest BCUT2D eigenvalue weighted by molar-refractivity contribution is -0.163. The quantitative estimate of drug-likeness (QED) is 0.585. The lowest BCUT2D eigenvalue weighted by Crippen LogP contribution is -2.57. The van der Waals surface area contributed by atoms with Gasteiger partial charge in [-0.1, -0.05) is 20.8 Å². The van der Waals surface area contributed by atoms with Crippen LogP contribution in [0.15, 0.2) is 0 Å². The fourth-order valence-corrected chi connectivity index (χ4v) is 3.41. The third-order valence-electron chi connectivity index (χ3n) is 4.59. The van der Waals surface area contributed by atoms with Crippen molar-refractivity contribution in [2.45, 2.75) is 39.7 Å². The molecule has 3 rings (SSSR count). The third-order valence-corrected chi connectivity index (χ3v) is 4.59. The molecule has 0 amide bonds. The minimum Gasteiger partial charge on any atom is -0.381 e. The second-order valence-corrected chi connectivity index (χ2v) is 5.23. The zero-order chi connectivity index (χ0) is 8.93. The SMILES string of the molecule is CO[C@H]1C[C@H]2C[C@@H]([C@@H]1C)C2(C)C. The van der Waals surface area contributed by atoms with E-state index >= 15 is 0 Å². The molecule has 3 aliphatic rings. The first-order valence-electron chi connectivity index (χ1n) is 5.10. The van der Waals surface area contributed by atoms with Crippen molar-refractivity contribution in [2.24, 2.45) is 23.2 Å². The van der Waals surface area contributed by atoms with E-state index in [9.17, 15) is 0 Å². The highest BCUT2D eigenvalue weighted by atomic mass is 16.5. The molecule has 1 heteroatoms. The van der Waals surface area contributed by atoms with Crippen LogP contribution in [0.4, 0.5) is 0 Å². The van der Waals surface area contributed by atoms with Gasteiger partial charge in [-0.05, 0) is 36.0 Å². The van der Waals surface area contributed by atoms with Gasteiger partial charge in [-0.25, -0.2) is 0 Å². The Morgan fingerprint density at radius 2 is 1.92 bits per heavy atom. The standard InChI is InChI=1S/C11H20O/c1-7-9-5-8(11(9,2)3)6-10(7)12-4/h7-10H,5-6H2,1-4H3/t7-,8+,9-,10-/m0/s1. The maximum absolute atomic E-state index is 5.50. The molecule has 0 N–H and O–H groups in total. The van der Waals surface area contributed by atoms with Crippen molar-refractivity contribution in [3.05, 3.63) is 0 Å². The van der Waals surface area contributed by atoms with Gasteiger partial charge in [-0.2, -0.15) is 0 Å². The largest absolute Gasteiger partial charge is 0.381 e. The van der Waals surface area contributed by atoms with E-state index in [1.165, 1.54) is 12.8 Å². The summed E-state index contributed by atoms with van der Waals surface area (Å²) in [6.45, 7) is 7.21. The number of hydrogen-bond acceptors (Lipinski definition) is 1. The van der Waals surface area contributed by atoms with Crippen LogP contribution in [0.5, 0.6) is 0 Å². The van der Waals surface area contributed by atoms with E-state index in [4.69, 9.17) is 4.74 Å². The highest BCUT2D eigenvalue weighted by Crippen LogP contribution is 2.61. The third kappa shape index (κ3) is 0.891. The molecular formula is C11H20O. The van der Waals surface area contributed by atoms with Gasteiger partial charge >= 0.3 is 0 Å². The molecule has 2 bridgehead atoms. The van der Waals surface area contributed by atoms with E-state index in [-0.39, 0.29) is 0 Å². The highest BCUT2D eigenvalue weighted by molar-refractivity contribution is 5.05. The smallest absolute Gasteiger partial charge is 0.0602 e. The zero-order valence-corrected chi connectivity index (χ0v) is 8.63. The molecule has 0 aliphatic heterocycles. The van der Waals surface area contributed by atoms with Gasteiger partial charge in [0.25, 0.3) is 0 Å². The van der Waals surface area contributed by atoms with Crippen LogP contribution >= 0.6 is 0 Å². The fraction of sp³-hybridized carbons (Fsp3) is 1.00. The molecule has 0 saturated heterocycles. The summed E-state index contributed by atoms with van der Waals surface area (Å²) in [5.74, 6) is 2.62. The number of hydrogen-bond donors (Lipinski definition) is 0. The average Bonchev–Trinajstić information content (AvgIpc) is 2.03. The Balaban J connectivity index is 2.11. The van der Waals surface area contributed by atoms with Crippen LogP contribution < -0.4 is 0 Å². The van der Waals surface area contributed by atoms with E-state index in [1.807, 2.05) is 7.11 Å². The molecule has 0 aromatic heterocycles. The predicted octanol–water partition coefficient (Wildman–Crippen LogP) is 2.70. The summed E-state index contributed by atoms with van der Waals surface area (Å²) in [5, 5.41) is 0. The number of ether oxygens (including phenoxy) is 1. The molecule has 3 saturated carbocycles. The van der Waals surface area contributed by atoms with Crippen LogP contribution in [0.3, 0.4) is 0 Å². The van der Waals surface area contributed by atoms with Crippen LogP contribution in [-0.4, -0.2) is 13.2 Å². The summed E-state index contributed by atoms with van der Waals surface area (Å²) in [4.78, 5) is 0. The molecule has 0 heterocycles. The van der Waals surface area contributed by atoms with Gasteiger partial charge in [0.1, 0.15) is 0 Å². The van der Waals surface area contributed by atoms with Crippen LogP contribution in [0.25, 0.3) is 0 Å². The van der Waals surface area contributed by atoms with Crippen LogP contribution in [-0.2, 0) is 4.74 Å². The summed E-state index contributed by atoms with van der Waals surface area (Å²) in [6.07, 6.45) is 3.29. The first-order chi connectivity index (χ1) is 5.57. The lowest BCUT2D eigenvalue weighted by Gasteiger charge is -2.61. The Morgan fingerprint density at radius 1 is 1.25 bits per heavy atom. The zero-order valence-electron chi connectivity index (χ0n) is 8.63. The summed E-state index contributed by atoms with van der Waals surface area (Å²) in [7, 11) is 1.86. The van der Waals surface area contributed by atoms with E-state index in [1.54, 1.807) is 0 Å². The average molecular weight is 168 g/mol. The van der Waals surface area contributed by atoms with Crippen molar-refractivity contribution in [1.82, 2.24) is 0 Å². The van der Waals surface area contributed by atoms with Crippen molar-refractivity contribution in [2.75, 3.05) is 7.11 Å². The van der Waals surface area contributed by atoms with Gasteiger partial charge in [0, 0.05) is 7.11 Å². The summed E-state index contributed by atoms with van der Waals surface area (Å²) in [5.41, 5.74) is 0.606. The van der Waals surface area contributed by atoms with Crippen LogP contribution in [0.2, 0.25) is 0 Å². The van der Waals surface area contributed by atoms with E-state index < -0.39 is 0 Å². The maximum atomic E-state index is 5.50. The first kappa shape index (κ1) is 8.55. The lowest BCUT2D eigenvalue weighted by atomic mass is 9.45. The topological polar surface area (TPSA) is 9.23 Å². The van der Waals surface area contributed by atoms with Gasteiger partial charge in [-0.15, -0.1) is 0 Å². The molecule has 4 atom stereocenters. The molecule has 3 fully saturated rings. The predicted molar refractivity (Wildman–Crippen MR) is 50.0 cm³/mol. The second kappa shape index (κ2) is 2.47. The molecular weight excluding hydrogens is 148 g/mol. The Hall–Kier alpha value is -0.0400. The Kier molecular flexibility index (Phi) is 1.76. The molecule has 1 nitrogen and oxygen atoms in total. The molecule has 0 aromatic carbocycles. The van der Waals surface area contributed by atoms with Gasteiger partial charge in [-0.3, -0.25) is 0 Å². The number of fused-ring (bicyclic) bond motifs is 2. The number of methoxy groups -OCH3 is 1. The summed E-state index contributed by atoms with van der Waals surface area (Å²) < 4.78 is 5.50. The van der Waals surface area contributed by atoms with Gasteiger partial charge in [0.15, 0.2) is 0 Å². The molecule has 0 aromatic rings. The van der Waals surface area contributed by atoms with Gasteiger partial charge in [0.2, 0.25) is 0 Å². The van der Waals surface area contributed by atoms with E-state index in [0.717, 1.165) is 17.8 Å². The minimum atomic E-state index is 0.543. The van der Waals surface area contributed by atoms with Gasteiger partial charge in [0.05, 0.1) is 6.10 Å². The van der Waals surface area contributed by atoms with Crippen LogP contribution in [0.1, 0.15) is 33.6 Å². The molecule has 0 unspecified atom stereocenters. The molecule has 12 heavy (non-hydrogen) atoms.